The summed E-state index contributed by atoms with van der Waals surface area (Å²) in [6.45, 7) is 0. The fourth-order valence-electron chi connectivity index (χ4n) is 2.44. The molecule has 1 saturated heterocycles. The molecule has 2 aromatic rings. The zero-order valence-corrected chi connectivity index (χ0v) is 13.6. The number of benzene rings is 2. The van der Waals surface area contributed by atoms with Gasteiger partial charge < -0.3 is 10.6 Å². The Kier molecular flexibility index (Phi) is 4.96. The van der Waals surface area contributed by atoms with Crippen molar-refractivity contribution in [2.75, 3.05) is 5.75 Å². The summed E-state index contributed by atoms with van der Waals surface area (Å²) >= 11 is 1.02. The van der Waals surface area contributed by atoms with E-state index in [9.17, 15) is 14.4 Å². The lowest BCUT2D eigenvalue weighted by molar-refractivity contribution is -0.136. The number of carbonyl (C=O) groups excluding carboxylic acids is 3. The van der Waals surface area contributed by atoms with Gasteiger partial charge in [-0.15, -0.1) is 0 Å². The van der Waals surface area contributed by atoms with Gasteiger partial charge in [0.1, 0.15) is 12.1 Å². The average molecular weight is 340 g/mol. The summed E-state index contributed by atoms with van der Waals surface area (Å²) < 4.78 is 0. The molecule has 1 aliphatic heterocycles. The molecule has 0 aliphatic carbocycles. The second kappa shape index (κ2) is 7.31. The zero-order valence-electron chi connectivity index (χ0n) is 12.8. The predicted molar refractivity (Wildman–Crippen MR) is 92.5 cm³/mol. The maximum absolute atomic E-state index is 12.2. The normalized spacial score (nSPS) is 20.2. The minimum atomic E-state index is -0.713. The Hall–Kier alpha value is -2.60. The van der Waals surface area contributed by atoms with Crippen molar-refractivity contribution in [2.24, 2.45) is 0 Å². The van der Waals surface area contributed by atoms with Crippen LogP contribution in [0.25, 0.3) is 0 Å². The van der Waals surface area contributed by atoms with Crippen LogP contribution in [0, 0.1) is 0 Å². The number of rotatable bonds is 4. The van der Waals surface area contributed by atoms with Gasteiger partial charge in [-0.05, 0) is 5.56 Å². The highest BCUT2D eigenvalue weighted by Gasteiger charge is 2.34. The maximum atomic E-state index is 12.2. The van der Waals surface area contributed by atoms with Crippen molar-refractivity contribution < 1.29 is 14.4 Å². The smallest absolute Gasteiger partial charge is 0.247 e. The molecule has 5 nitrogen and oxygen atoms in total. The summed E-state index contributed by atoms with van der Waals surface area (Å²) in [5.74, 6) is -0.345. The molecular weight excluding hydrogens is 324 g/mol. The molecule has 2 atom stereocenters. The van der Waals surface area contributed by atoms with Gasteiger partial charge in [0, 0.05) is 11.3 Å². The van der Waals surface area contributed by atoms with Crippen LogP contribution in [0.1, 0.15) is 22.0 Å². The van der Waals surface area contributed by atoms with Gasteiger partial charge in [0.2, 0.25) is 16.9 Å². The molecule has 1 heterocycles. The minimum Gasteiger partial charge on any atom is -0.341 e. The van der Waals surface area contributed by atoms with Crippen LogP contribution < -0.4 is 10.6 Å². The Morgan fingerprint density at radius 2 is 1.50 bits per heavy atom. The lowest BCUT2D eigenvalue weighted by Crippen LogP contribution is -2.58. The van der Waals surface area contributed by atoms with Crippen LogP contribution in [0.4, 0.5) is 0 Å². The molecule has 24 heavy (non-hydrogen) atoms. The van der Waals surface area contributed by atoms with E-state index in [2.05, 4.69) is 10.6 Å². The van der Waals surface area contributed by atoms with Gasteiger partial charge in [0.05, 0.1) is 0 Å². The highest BCUT2D eigenvalue weighted by Crippen LogP contribution is 2.19. The van der Waals surface area contributed by atoms with E-state index in [1.54, 1.807) is 36.4 Å². The number of nitrogens with one attached hydrogen (secondary N) is 2. The first kappa shape index (κ1) is 16.3. The highest BCUT2D eigenvalue weighted by atomic mass is 32.2. The highest BCUT2D eigenvalue weighted by molar-refractivity contribution is 8.14. The van der Waals surface area contributed by atoms with E-state index in [-0.39, 0.29) is 22.7 Å². The van der Waals surface area contributed by atoms with Crippen LogP contribution in [0.15, 0.2) is 60.7 Å². The number of hydrogen-bond acceptors (Lipinski definition) is 4. The van der Waals surface area contributed by atoms with Gasteiger partial charge >= 0.3 is 0 Å². The molecule has 2 aromatic carbocycles. The van der Waals surface area contributed by atoms with E-state index in [4.69, 9.17) is 0 Å². The number of thioether (sulfide) groups is 1. The third-order valence-electron chi connectivity index (χ3n) is 3.71. The number of hydrogen-bond donors (Lipinski definition) is 2. The van der Waals surface area contributed by atoms with E-state index in [0.29, 0.717) is 5.56 Å². The molecule has 6 heteroatoms. The van der Waals surface area contributed by atoms with Crippen molar-refractivity contribution in [3.05, 3.63) is 71.8 Å². The standard InChI is InChI=1S/C18H16N2O3S/c21-16-14(11-24-18(23)13-9-5-2-6-10-13)19-17(22)15(20-16)12-7-3-1-4-8-12/h1-10,14-15H,11H2,(H,19,22)(H,20,21)/t14-,15+/m0/s1. The van der Waals surface area contributed by atoms with E-state index < -0.39 is 12.1 Å². The number of amides is 2. The van der Waals surface area contributed by atoms with Crippen LogP contribution in [0.3, 0.4) is 0 Å². The lowest BCUT2D eigenvalue weighted by Gasteiger charge is -2.29. The molecule has 1 fully saturated rings. The van der Waals surface area contributed by atoms with Crippen molar-refractivity contribution in [2.45, 2.75) is 12.1 Å². The first-order chi connectivity index (χ1) is 11.6. The quantitative estimate of drug-likeness (QED) is 0.892. The molecule has 1 aliphatic rings. The third-order valence-corrected chi connectivity index (χ3v) is 4.70. The summed E-state index contributed by atoms with van der Waals surface area (Å²) in [5, 5.41) is 5.30. The average Bonchev–Trinajstić information content (AvgIpc) is 2.63. The van der Waals surface area contributed by atoms with E-state index in [1.807, 2.05) is 24.3 Å². The Morgan fingerprint density at radius 1 is 0.875 bits per heavy atom. The first-order valence-electron chi connectivity index (χ1n) is 7.53. The van der Waals surface area contributed by atoms with Crippen LogP contribution in [0.2, 0.25) is 0 Å². The van der Waals surface area contributed by atoms with Crippen molar-refractivity contribution in [1.29, 1.82) is 0 Å². The maximum Gasteiger partial charge on any atom is 0.247 e. The molecule has 0 bridgehead atoms. The van der Waals surface area contributed by atoms with Crippen molar-refractivity contribution in [1.82, 2.24) is 10.6 Å². The molecule has 0 radical (unpaired) electrons. The van der Waals surface area contributed by atoms with Crippen molar-refractivity contribution in [3.8, 4) is 0 Å². The summed E-state index contributed by atoms with van der Waals surface area (Å²) in [6.07, 6.45) is 0. The molecule has 0 unspecified atom stereocenters. The van der Waals surface area contributed by atoms with Gasteiger partial charge in [-0.25, -0.2) is 0 Å². The van der Waals surface area contributed by atoms with Gasteiger partial charge in [0.25, 0.3) is 0 Å². The fourth-order valence-corrected chi connectivity index (χ4v) is 3.30. The fraction of sp³-hybridized carbons (Fsp3) is 0.167. The molecule has 2 amide bonds. The Morgan fingerprint density at radius 3 is 2.17 bits per heavy atom. The van der Waals surface area contributed by atoms with Crippen LogP contribution >= 0.6 is 11.8 Å². The molecule has 0 spiro atoms. The SMILES string of the molecule is O=C(SC[C@@H]1NC(=O)[C@@H](c2ccccc2)NC1=O)c1ccccc1. The lowest BCUT2D eigenvalue weighted by atomic mass is 10.0. The molecule has 3 rings (SSSR count). The second-order valence-corrected chi connectivity index (χ2v) is 6.37. The topological polar surface area (TPSA) is 75.3 Å². The van der Waals surface area contributed by atoms with Gasteiger partial charge in [-0.2, -0.15) is 0 Å². The first-order valence-corrected chi connectivity index (χ1v) is 8.51. The largest absolute Gasteiger partial charge is 0.341 e. The predicted octanol–water partition coefficient (Wildman–Crippen LogP) is 1.92. The van der Waals surface area contributed by atoms with Crippen LogP contribution in [-0.4, -0.2) is 28.7 Å². The number of piperazine rings is 1. The summed E-state index contributed by atoms with van der Waals surface area (Å²) in [4.78, 5) is 36.5. The molecule has 0 aromatic heterocycles. The van der Waals surface area contributed by atoms with Crippen molar-refractivity contribution >= 4 is 28.7 Å². The van der Waals surface area contributed by atoms with Gasteiger partial charge in [-0.3, -0.25) is 14.4 Å². The second-order valence-electron chi connectivity index (χ2n) is 5.38. The summed E-state index contributed by atoms with van der Waals surface area (Å²) in [5.41, 5.74) is 1.31. The Labute approximate surface area is 143 Å². The zero-order chi connectivity index (χ0) is 16.9. The van der Waals surface area contributed by atoms with Gasteiger partial charge in [-0.1, -0.05) is 72.4 Å². The van der Waals surface area contributed by atoms with Crippen LogP contribution in [-0.2, 0) is 9.59 Å². The molecule has 2 N–H and O–H groups in total. The summed E-state index contributed by atoms with van der Waals surface area (Å²) in [7, 11) is 0. The van der Waals surface area contributed by atoms with E-state index in [0.717, 1.165) is 17.3 Å². The van der Waals surface area contributed by atoms with E-state index >= 15 is 0 Å². The third kappa shape index (κ3) is 3.65. The molecule has 122 valence electrons. The molecule has 0 saturated carbocycles. The van der Waals surface area contributed by atoms with E-state index in [1.165, 1.54) is 0 Å². The Balaban J connectivity index is 1.60. The summed E-state index contributed by atoms with van der Waals surface area (Å²) in [6, 6.07) is 16.5. The van der Waals surface area contributed by atoms with Gasteiger partial charge in [0.15, 0.2) is 0 Å². The van der Waals surface area contributed by atoms with Crippen LogP contribution in [0.5, 0.6) is 0 Å². The Bertz CT molecular complexity index is 749. The van der Waals surface area contributed by atoms with Crippen molar-refractivity contribution in [3.63, 3.8) is 0 Å². The number of carbonyl (C=O) groups is 3. The minimum absolute atomic E-state index is 0.122. The molecular formula is C18H16N2O3S. The monoisotopic (exact) mass is 340 g/mol.